The van der Waals surface area contributed by atoms with E-state index in [2.05, 4.69) is 12.2 Å². The van der Waals surface area contributed by atoms with Crippen molar-refractivity contribution in [2.45, 2.75) is 13.3 Å². The van der Waals surface area contributed by atoms with Gasteiger partial charge in [0.05, 0.1) is 12.2 Å². The standard InChI is InChI=1S/C14H15NO2S/c1-2-8-17-13-5-3-12(4-6-13)15-14(16)11-7-9-18-10-11/h3-7,9-10H,2,8H2,1H3,(H,15,16). The molecule has 4 heteroatoms. The summed E-state index contributed by atoms with van der Waals surface area (Å²) in [7, 11) is 0. The SMILES string of the molecule is CCCOc1ccc(NC(=O)c2ccsc2)cc1. The number of ether oxygens (including phenoxy) is 1. The Morgan fingerprint density at radius 3 is 2.67 bits per heavy atom. The van der Waals surface area contributed by atoms with Gasteiger partial charge in [-0.1, -0.05) is 6.92 Å². The molecule has 0 saturated carbocycles. The zero-order valence-corrected chi connectivity index (χ0v) is 11.0. The van der Waals surface area contributed by atoms with E-state index in [4.69, 9.17) is 4.74 Å². The highest BCUT2D eigenvalue weighted by Crippen LogP contribution is 2.17. The van der Waals surface area contributed by atoms with Gasteiger partial charge in [0.1, 0.15) is 5.75 Å². The molecule has 0 unspecified atom stereocenters. The highest BCUT2D eigenvalue weighted by atomic mass is 32.1. The number of thiophene rings is 1. The molecule has 1 amide bonds. The largest absolute Gasteiger partial charge is 0.494 e. The molecule has 2 rings (SSSR count). The molecule has 1 aromatic carbocycles. The monoisotopic (exact) mass is 261 g/mol. The fourth-order valence-corrected chi connectivity index (χ4v) is 2.09. The molecule has 0 aliphatic rings. The minimum absolute atomic E-state index is 0.0847. The van der Waals surface area contributed by atoms with Crippen LogP contribution >= 0.6 is 11.3 Å². The van der Waals surface area contributed by atoms with E-state index in [0.29, 0.717) is 12.2 Å². The van der Waals surface area contributed by atoms with Crippen LogP contribution in [0.5, 0.6) is 5.75 Å². The Kier molecular flexibility index (Phi) is 4.36. The quantitative estimate of drug-likeness (QED) is 0.889. The molecule has 94 valence electrons. The summed E-state index contributed by atoms with van der Waals surface area (Å²) < 4.78 is 5.48. The second-order valence-corrected chi connectivity index (χ2v) is 4.62. The molecule has 1 N–H and O–H groups in total. The lowest BCUT2D eigenvalue weighted by molar-refractivity contribution is 0.102. The molecule has 1 aromatic heterocycles. The third-order valence-electron chi connectivity index (χ3n) is 2.37. The van der Waals surface area contributed by atoms with Crippen molar-refractivity contribution in [2.24, 2.45) is 0 Å². The van der Waals surface area contributed by atoms with Gasteiger partial charge in [-0.3, -0.25) is 4.79 Å². The first-order valence-corrected chi connectivity index (χ1v) is 6.80. The Morgan fingerprint density at radius 2 is 2.06 bits per heavy atom. The fourth-order valence-electron chi connectivity index (χ4n) is 1.45. The molecule has 0 atom stereocenters. The number of hydrogen-bond donors (Lipinski definition) is 1. The van der Waals surface area contributed by atoms with Crippen molar-refractivity contribution in [1.29, 1.82) is 0 Å². The summed E-state index contributed by atoms with van der Waals surface area (Å²) in [4.78, 5) is 11.8. The van der Waals surface area contributed by atoms with E-state index in [0.717, 1.165) is 17.9 Å². The molecule has 2 aromatic rings. The average Bonchev–Trinajstić information content (AvgIpc) is 2.92. The summed E-state index contributed by atoms with van der Waals surface area (Å²) in [6, 6.07) is 9.21. The molecule has 0 bridgehead atoms. The van der Waals surface area contributed by atoms with E-state index in [-0.39, 0.29) is 5.91 Å². The molecule has 18 heavy (non-hydrogen) atoms. The van der Waals surface area contributed by atoms with Gasteiger partial charge in [0.15, 0.2) is 0 Å². The molecule has 0 aliphatic carbocycles. The third-order valence-corrected chi connectivity index (χ3v) is 3.05. The Morgan fingerprint density at radius 1 is 1.28 bits per heavy atom. The minimum Gasteiger partial charge on any atom is -0.494 e. The lowest BCUT2D eigenvalue weighted by Crippen LogP contribution is -2.10. The molecule has 0 aliphatic heterocycles. The van der Waals surface area contributed by atoms with Crippen molar-refractivity contribution in [3.05, 3.63) is 46.7 Å². The van der Waals surface area contributed by atoms with Crippen LogP contribution in [0.4, 0.5) is 5.69 Å². The minimum atomic E-state index is -0.0847. The van der Waals surface area contributed by atoms with Crippen molar-refractivity contribution in [1.82, 2.24) is 0 Å². The maximum atomic E-state index is 11.8. The predicted octanol–water partition coefficient (Wildman–Crippen LogP) is 3.79. The van der Waals surface area contributed by atoms with E-state index in [1.807, 2.05) is 35.0 Å². The average molecular weight is 261 g/mol. The van der Waals surface area contributed by atoms with Crippen LogP contribution in [0.15, 0.2) is 41.1 Å². The van der Waals surface area contributed by atoms with Gasteiger partial charge in [-0.2, -0.15) is 11.3 Å². The van der Waals surface area contributed by atoms with E-state index in [1.165, 1.54) is 11.3 Å². The van der Waals surface area contributed by atoms with Crippen LogP contribution in [0, 0.1) is 0 Å². The van der Waals surface area contributed by atoms with Crippen LogP contribution in [0.1, 0.15) is 23.7 Å². The second kappa shape index (κ2) is 6.21. The van der Waals surface area contributed by atoms with Crippen molar-refractivity contribution in [3.8, 4) is 5.75 Å². The summed E-state index contributed by atoms with van der Waals surface area (Å²) in [6.45, 7) is 2.77. The van der Waals surface area contributed by atoms with Gasteiger partial charge < -0.3 is 10.1 Å². The molecule has 0 radical (unpaired) electrons. The highest BCUT2D eigenvalue weighted by Gasteiger charge is 2.05. The number of nitrogens with one attached hydrogen (secondary N) is 1. The number of amides is 1. The maximum Gasteiger partial charge on any atom is 0.256 e. The summed E-state index contributed by atoms with van der Waals surface area (Å²) in [5.41, 5.74) is 1.46. The number of anilines is 1. The normalized spacial score (nSPS) is 10.1. The number of rotatable bonds is 5. The number of benzene rings is 1. The first-order chi connectivity index (χ1) is 8.79. The lowest BCUT2D eigenvalue weighted by atomic mass is 10.2. The van der Waals surface area contributed by atoms with Crippen LogP contribution in [-0.4, -0.2) is 12.5 Å². The molecular weight excluding hydrogens is 246 g/mol. The molecular formula is C14H15NO2S. The second-order valence-electron chi connectivity index (χ2n) is 3.84. The number of hydrogen-bond acceptors (Lipinski definition) is 3. The van der Waals surface area contributed by atoms with Gasteiger partial charge in [-0.25, -0.2) is 0 Å². The molecule has 0 fully saturated rings. The van der Waals surface area contributed by atoms with Crippen molar-refractivity contribution >= 4 is 22.9 Å². The Labute approximate surface area is 110 Å². The van der Waals surface area contributed by atoms with Crippen molar-refractivity contribution < 1.29 is 9.53 Å². The first kappa shape index (κ1) is 12.6. The zero-order valence-electron chi connectivity index (χ0n) is 10.2. The summed E-state index contributed by atoms with van der Waals surface area (Å²) in [6.07, 6.45) is 0.983. The Balaban J connectivity index is 1.96. The van der Waals surface area contributed by atoms with Crippen molar-refractivity contribution in [2.75, 3.05) is 11.9 Å². The molecule has 0 spiro atoms. The topological polar surface area (TPSA) is 38.3 Å². The summed E-state index contributed by atoms with van der Waals surface area (Å²) in [5.74, 6) is 0.740. The lowest BCUT2D eigenvalue weighted by Gasteiger charge is -2.07. The molecule has 0 saturated heterocycles. The molecule has 3 nitrogen and oxygen atoms in total. The van der Waals surface area contributed by atoms with Gasteiger partial charge in [0.25, 0.3) is 5.91 Å². The smallest absolute Gasteiger partial charge is 0.256 e. The van der Waals surface area contributed by atoms with E-state index >= 15 is 0 Å². The summed E-state index contributed by atoms with van der Waals surface area (Å²) in [5, 5.41) is 6.55. The number of carbonyl (C=O) groups excluding carboxylic acids is 1. The highest BCUT2D eigenvalue weighted by molar-refractivity contribution is 7.08. The van der Waals surface area contributed by atoms with Crippen LogP contribution in [-0.2, 0) is 0 Å². The third kappa shape index (κ3) is 3.34. The van der Waals surface area contributed by atoms with Crippen molar-refractivity contribution in [3.63, 3.8) is 0 Å². The number of carbonyl (C=O) groups is 1. The predicted molar refractivity (Wildman–Crippen MR) is 74.5 cm³/mol. The molecule has 1 heterocycles. The van der Waals surface area contributed by atoms with E-state index in [9.17, 15) is 4.79 Å². The van der Waals surface area contributed by atoms with Gasteiger partial charge in [0, 0.05) is 11.1 Å². The van der Waals surface area contributed by atoms with E-state index < -0.39 is 0 Å². The Hall–Kier alpha value is -1.81. The van der Waals surface area contributed by atoms with Crippen LogP contribution < -0.4 is 10.1 Å². The van der Waals surface area contributed by atoms with Gasteiger partial charge in [0.2, 0.25) is 0 Å². The van der Waals surface area contributed by atoms with Gasteiger partial charge >= 0.3 is 0 Å². The van der Waals surface area contributed by atoms with Crippen LogP contribution in [0.3, 0.4) is 0 Å². The van der Waals surface area contributed by atoms with Gasteiger partial charge in [-0.15, -0.1) is 0 Å². The fraction of sp³-hybridized carbons (Fsp3) is 0.214. The Bertz CT molecular complexity index is 491. The maximum absolute atomic E-state index is 11.8. The first-order valence-electron chi connectivity index (χ1n) is 5.86. The van der Waals surface area contributed by atoms with Crippen LogP contribution in [0.25, 0.3) is 0 Å². The van der Waals surface area contributed by atoms with E-state index in [1.54, 1.807) is 6.07 Å². The zero-order chi connectivity index (χ0) is 12.8. The summed E-state index contributed by atoms with van der Waals surface area (Å²) >= 11 is 1.51. The van der Waals surface area contributed by atoms with Crippen LogP contribution in [0.2, 0.25) is 0 Å². The van der Waals surface area contributed by atoms with Gasteiger partial charge in [-0.05, 0) is 42.1 Å².